The van der Waals surface area contributed by atoms with Gasteiger partial charge in [0.1, 0.15) is 0 Å². The maximum absolute atomic E-state index is 9.32. The van der Waals surface area contributed by atoms with Gasteiger partial charge in [-0.3, -0.25) is 9.80 Å². The molecule has 1 rings (SSSR count). The maximum atomic E-state index is 9.32. The molecule has 0 aromatic carbocycles. The highest BCUT2D eigenvalue weighted by Gasteiger charge is 2.32. The van der Waals surface area contributed by atoms with E-state index in [1.165, 1.54) is 0 Å². The second kappa shape index (κ2) is 4.40. The Morgan fingerprint density at radius 3 is 1.60 bits per heavy atom. The Kier molecular flexibility index (Phi) is 3.80. The van der Waals surface area contributed by atoms with E-state index in [0.29, 0.717) is 0 Å². The molecule has 0 atom stereocenters. The van der Waals surface area contributed by atoms with Crippen LogP contribution in [0.15, 0.2) is 0 Å². The summed E-state index contributed by atoms with van der Waals surface area (Å²) in [4.78, 5) is 4.90. The van der Waals surface area contributed by atoms with Crippen LogP contribution in [0, 0.1) is 0 Å². The molecule has 1 aliphatic rings. The van der Waals surface area contributed by atoms with Crippen molar-refractivity contribution >= 4 is 0 Å². The van der Waals surface area contributed by atoms with Crippen molar-refractivity contribution in [3.05, 3.63) is 0 Å². The van der Waals surface area contributed by atoms with Crippen LogP contribution in [0.3, 0.4) is 0 Å². The lowest BCUT2D eigenvalue weighted by atomic mass is 10.0. The zero-order valence-electron chi connectivity index (χ0n) is 10.9. The van der Waals surface area contributed by atoms with Gasteiger partial charge < -0.3 is 5.11 Å². The molecule has 3 nitrogen and oxygen atoms in total. The zero-order valence-corrected chi connectivity index (χ0v) is 10.9. The fourth-order valence-corrected chi connectivity index (χ4v) is 2.08. The van der Waals surface area contributed by atoms with E-state index in [9.17, 15) is 5.11 Å². The molecule has 0 aromatic heterocycles. The minimum atomic E-state index is -0.0655. The van der Waals surface area contributed by atoms with Gasteiger partial charge in [0.05, 0.1) is 6.61 Å². The average molecular weight is 214 g/mol. The lowest BCUT2D eigenvalue weighted by molar-refractivity contribution is -0.00778. The Morgan fingerprint density at radius 2 is 1.27 bits per heavy atom. The van der Waals surface area contributed by atoms with E-state index in [4.69, 9.17) is 0 Å². The molecular formula is C12H26N2O. The lowest BCUT2D eigenvalue weighted by Gasteiger charge is -2.47. The smallest absolute Gasteiger partial charge is 0.0610 e. The van der Waals surface area contributed by atoms with E-state index in [0.717, 1.165) is 26.2 Å². The largest absolute Gasteiger partial charge is 0.394 e. The van der Waals surface area contributed by atoms with Gasteiger partial charge in [0.15, 0.2) is 0 Å². The van der Waals surface area contributed by atoms with E-state index >= 15 is 0 Å². The lowest BCUT2D eigenvalue weighted by Crippen LogP contribution is -2.59. The quantitative estimate of drug-likeness (QED) is 0.747. The van der Waals surface area contributed by atoms with Crippen LogP contribution in [0.5, 0.6) is 0 Å². The molecule has 90 valence electrons. The van der Waals surface area contributed by atoms with Crippen molar-refractivity contribution in [2.75, 3.05) is 32.8 Å². The van der Waals surface area contributed by atoms with E-state index in [1.54, 1.807) is 0 Å². The molecule has 1 aliphatic heterocycles. The number of aliphatic hydroxyl groups excluding tert-OH is 1. The topological polar surface area (TPSA) is 26.7 Å². The molecular weight excluding hydrogens is 188 g/mol. The molecule has 1 saturated heterocycles. The molecule has 0 unspecified atom stereocenters. The second-order valence-corrected chi connectivity index (χ2v) is 6.12. The van der Waals surface area contributed by atoms with Crippen LogP contribution in [0.2, 0.25) is 0 Å². The summed E-state index contributed by atoms with van der Waals surface area (Å²) in [6.45, 7) is 15.6. The molecule has 0 radical (unpaired) electrons. The molecule has 0 aliphatic carbocycles. The third-order valence-electron chi connectivity index (χ3n) is 3.47. The van der Waals surface area contributed by atoms with Gasteiger partial charge in [-0.2, -0.15) is 0 Å². The van der Waals surface area contributed by atoms with Crippen molar-refractivity contribution in [2.45, 2.75) is 45.7 Å². The maximum Gasteiger partial charge on any atom is 0.0610 e. The normalized spacial score (nSPS) is 22.0. The van der Waals surface area contributed by atoms with Crippen molar-refractivity contribution in [3.8, 4) is 0 Å². The summed E-state index contributed by atoms with van der Waals surface area (Å²) in [5.74, 6) is 0. The molecule has 15 heavy (non-hydrogen) atoms. The van der Waals surface area contributed by atoms with Crippen LogP contribution >= 0.6 is 0 Å². The predicted octanol–water partition coefficient (Wildman–Crippen LogP) is 1.17. The molecule has 0 aromatic rings. The monoisotopic (exact) mass is 214 g/mol. The Labute approximate surface area is 94.1 Å². The second-order valence-electron chi connectivity index (χ2n) is 6.12. The Hall–Kier alpha value is -0.120. The Morgan fingerprint density at radius 1 is 0.867 bits per heavy atom. The van der Waals surface area contributed by atoms with Crippen LogP contribution in [-0.4, -0.2) is 58.8 Å². The number of hydrogen-bond acceptors (Lipinski definition) is 3. The fourth-order valence-electron chi connectivity index (χ4n) is 2.08. The van der Waals surface area contributed by atoms with Gasteiger partial charge in [0, 0.05) is 37.3 Å². The van der Waals surface area contributed by atoms with E-state index in [1.807, 2.05) is 0 Å². The highest BCUT2D eigenvalue weighted by atomic mass is 16.3. The first kappa shape index (κ1) is 12.9. The standard InChI is InChI=1S/C12H26N2O/c1-11(2,3)13-6-8-14(9-7-13)12(4,5)10-15/h15H,6-10H2,1-5H3. The van der Waals surface area contributed by atoms with E-state index in [-0.39, 0.29) is 17.7 Å². The summed E-state index contributed by atoms with van der Waals surface area (Å²) in [5.41, 5.74) is 0.208. The molecule has 0 amide bonds. The summed E-state index contributed by atoms with van der Waals surface area (Å²) in [5, 5.41) is 9.32. The molecule has 0 saturated carbocycles. The third-order valence-corrected chi connectivity index (χ3v) is 3.47. The van der Waals surface area contributed by atoms with Gasteiger partial charge in [0.2, 0.25) is 0 Å². The zero-order chi connectivity index (χ0) is 11.7. The molecule has 0 spiro atoms. The summed E-state index contributed by atoms with van der Waals surface area (Å²) in [7, 11) is 0. The van der Waals surface area contributed by atoms with Gasteiger partial charge in [-0.15, -0.1) is 0 Å². The van der Waals surface area contributed by atoms with Crippen molar-refractivity contribution in [1.29, 1.82) is 0 Å². The van der Waals surface area contributed by atoms with Crippen molar-refractivity contribution in [3.63, 3.8) is 0 Å². The van der Waals surface area contributed by atoms with Crippen LogP contribution in [0.4, 0.5) is 0 Å². The molecule has 1 heterocycles. The fraction of sp³-hybridized carbons (Fsp3) is 1.00. The Bertz CT molecular complexity index is 200. The van der Waals surface area contributed by atoms with E-state index < -0.39 is 0 Å². The van der Waals surface area contributed by atoms with Crippen molar-refractivity contribution in [2.24, 2.45) is 0 Å². The van der Waals surface area contributed by atoms with Crippen molar-refractivity contribution < 1.29 is 5.11 Å². The van der Waals surface area contributed by atoms with Crippen LogP contribution < -0.4 is 0 Å². The minimum absolute atomic E-state index is 0.0655. The average Bonchev–Trinajstić information content (AvgIpc) is 2.17. The predicted molar refractivity (Wildman–Crippen MR) is 64.1 cm³/mol. The van der Waals surface area contributed by atoms with Crippen LogP contribution in [0.1, 0.15) is 34.6 Å². The van der Waals surface area contributed by atoms with Crippen molar-refractivity contribution in [1.82, 2.24) is 9.80 Å². The highest BCUT2D eigenvalue weighted by molar-refractivity contribution is 4.88. The van der Waals surface area contributed by atoms with Gasteiger partial charge in [-0.1, -0.05) is 0 Å². The summed E-state index contributed by atoms with van der Waals surface area (Å²) >= 11 is 0. The SMILES string of the molecule is CC(C)(C)N1CCN(C(C)(C)CO)CC1. The molecule has 1 fully saturated rings. The van der Waals surface area contributed by atoms with Crippen LogP contribution in [0.25, 0.3) is 0 Å². The number of piperazine rings is 1. The summed E-state index contributed by atoms with van der Waals surface area (Å²) < 4.78 is 0. The first-order valence-electron chi connectivity index (χ1n) is 5.88. The number of rotatable bonds is 2. The van der Waals surface area contributed by atoms with Gasteiger partial charge in [0.25, 0.3) is 0 Å². The number of hydrogen-bond donors (Lipinski definition) is 1. The number of aliphatic hydroxyl groups is 1. The number of nitrogens with zero attached hydrogens (tertiary/aromatic N) is 2. The van der Waals surface area contributed by atoms with Gasteiger partial charge in [-0.25, -0.2) is 0 Å². The van der Waals surface area contributed by atoms with Gasteiger partial charge >= 0.3 is 0 Å². The molecule has 3 heteroatoms. The summed E-state index contributed by atoms with van der Waals surface area (Å²) in [6, 6.07) is 0. The minimum Gasteiger partial charge on any atom is -0.394 e. The first-order valence-corrected chi connectivity index (χ1v) is 5.88. The molecule has 0 bridgehead atoms. The van der Waals surface area contributed by atoms with Gasteiger partial charge in [-0.05, 0) is 34.6 Å². The Balaban J connectivity index is 2.50. The summed E-state index contributed by atoms with van der Waals surface area (Å²) in [6.07, 6.45) is 0. The molecule has 1 N–H and O–H groups in total. The highest BCUT2D eigenvalue weighted by Crippen LogP contribution is 2.20. The van der Waals surface area contributed by atoms with Crippen LogP contribution in [-0.2, 0) is 0 Å². The van der Waals surface area contributed by atoms with E-state index in [2.05, 4.69) is 44.4 Å². The third kappa shape index (κ3) is 3.16. The first-order chi connectivity index (χ1) is 6.77.